The van der Waals surface area contributed by atoms with Crippen molar-refractivity contribution in [2.75, 3.05) is 13.1 Å². The Morgan fingerprint density at radius 1 is 0.839 bits per heavy atom. The minimum absolute atomic E-state index is 0.773. The lowest BCUT2D eigenvalue weighted by atomic mass is 10.1. The van der Waals surface area contributed by atoms with Crippen LogP contribution in [0.1, 0.15) is 24.5 Å². The molecule has 3 nitrogen and oxygen atoms in total. The van der Waals surface area contributed by atoms with Gasteiger partial charge in [0.25, 0.3) is 0 Å². The molecule has 0 spiro atoms. The van der Waals surface area contributed by atoms with Crippen molar-refractivity contribution in [3.63, 3.8) is 0 Å². The van der Waals surface area contributed by atoms with Gasteiger partial charge in [-0.1, -0.05) is 79.7 Å². The van der Waals surface area contributed by atoms with E-state index in [2.05, 4.69) is 107 Å². The molecule has 0 atom stereocenters. The molecule has 0 aliphatic carbocycles. The van der Waals surface area contributed by atoms with Gasteiger partial charge < -0.3 is 5.32 Å². The molecule has 158 valence electrons. The molecule has 0 unspecified atom stereocenters. The molecule has 4 rings (SSSR count). The third kappa shape index (κ3) is 5.60. The van der Waals surface area contributed by atoms with Gasteiger partial charge in [0.1, 0.15) is 0 Å². The Labute approximate surface area is 188 Å². The SMILES string of the molecule is CCCNCc1ccc(CC/N=c2\scc(-c3ccccc3)n2-c2ccccc2)cc1. The molecule has 0 radical (unpaired) electrons. The minimum atomic E-state index is 0.773. The van der Waals surface area contributed by atoms with Crippen LogP contribution in [0.4, 0.5) is 0 Å². The van der Waals surface area contributed by atoms with E-state index in [1.165, 1.54) is 22.4 Å². The van der Waals surface area contributed by atoms with Gasteiger partial charge in [-0.05, 0) is 48.2 Å². The number of nitrogens with one attached hydrogen (secondary N) is 1. The highest BCUT2D eigenvalue weighted by atomic mass is 32.1. The van der Waals surface area contributed by atoms with E-state index in [9.17, 15) is 0 Å². The van der Waals surface area contributed by atoms with E-state index in [1.54, 1.807) is 11.3 Å². The number of rotatable bonds is 9. The fraction of sp³-hybridized carbons (Fsp3) is 0.222. The Morgan fingerprint density at radius 2 is 1.52 bits per heavy atom. The number of benzene rings is 3. The predicted octanol–water partition coefficient (Wildman–Crippen LogP) is 5.85. The maximum atomic E-state index is 4.98. The summed E-state index contributed by atoms with van der Waals surface area (Å²) in [4.78, 5) is 6.01. The van der Waals surface area contributed by atoms with E-state index in [4.69, 9.17) is 4.99 Å². The molecule has 0 fully saturated rings. The van der Waals surface area contributed by atoms with E-state index >= 15 is 0 Å². The molecule has 0 aliphatic rings. The largest absolute Gasteiger partial charge is 0.313 e. The summed E-state index contributed by atoms with van der Waals surface area (Å²) in [5.74, 6) is 0. The maximum Gasteiger partial charge on any atom is 0.189 e. The lowest BCUT2D eigenvalue weighted by molar-refractivity contribution is 0.675. The first kappa shape index (κ1) is 21.3. The van der Waals surface area contributed by atoms with Crippen LogP contribution in [0.25, 0.3) is 16.9 Å². The zero-order chi connectivity index (χ0) is 21.3. The van der Waals surface area contributed by atoms with Crippen LogP contribution >= 0.6 is 11.3 Å². The molecule has 4 heteroatoms. The normalized spacial score (nSPS) is 11.7. The third-order valence-corrected chi connectivity index (χ3v) is 6.08. The van der Waals surface area contributed by atoms with Crippen molar-refractivity contribution in [2.45, 2.75) is 26.3 Å². The summed E-state index contributed by atoms with van der Waals surface area (Å²) in [7, 11) is 0. The highest BCUT2D eigenvalue weighted by Crippen LogP contribution is 2.23. The summed E-state index contributed by atoms with van der Waals surface area (Å²) in [6, 6.07) is 29.9. The smallest absolute Gasteiger partial charge is 0.189 e. The van der Waals surface area contributed by atoms with E-state index in [-0.39, 0.29) is 0 Å². The lowest BCUT2D eigenvalue weighted by Gasteiger charge is -2.09. The Kier molecular flexibility index (Phi) is 7.48. The van der Waals surface area contributed by atoms with Gasteiger partial charge in [-0.3, -0.25) is 9.56 Å². The number of nitrogens with zero attached hydrogens (tertiary/aromatic N) is 2. The Hall–Kier alpha value is -2.95. The average molecular weight is 428 g/mol. The lowest BCUT2D eigenvalue weighted by Crippen LogP contribution is -2.15. The van der Waals surface area contributed by atoms with Crippen molar-refractivity contribution in [2.24, 2.45) is 4.99 Å². The van der Waals surface area contributed by atoms with Gasteiger partial charge in [0.15, 0.2) is 4.80 Å². The average Bonchev–Trinajstić information content (AvgIpc) is 3.25. The molecule has 1 heterocycles. The van der Waals surface area contributed by atoms with E-state index in [1.807, 2.05) is 0 Å². The second-order valence-electron chi connectivity index (χ2n) is 7.57. The minimum Gasteiger partial charge on any atom is -0.313 e. The number of hydrogen-bond acceptors (Lipinski definition) is 3. The maximum absolute atomic E-state index is 4.98. The molecule has 0 aliphatic heterocycles. The molecule has 0 amide bonds. The van der Waals surface area contributed by atoms with E-state index < -0.39 is 0 Å². The van der Waals surface area contributed by atoms with Crippen molar-refractivity contribution in [1.29, 1.82) is 0 Å². The highest BCUT2D eigenvalue weighted by molar-refractivity contribution is 7.07. The molecule has 1 N–H and O–H groups in total. The summed E-state index contributed by atoms with van der Waals surface area (Å²) < 4.78 is 2.27. The van der Waals surface area contributed by atoms with Crippen LogP contribution in [0, 0.1) is 0 Å². The van der Waals surface area contributed by atoms with E-state index in [0.717, 1.165) is 43.0 Å². The fourth-order valence-electron chi connectivity index (χ4n) is 3.57. The third-order valence-electron chi connectivity index (χ3n) is 5.22. The summed E-state index contributed by atoms with van der Waals surface area (Å²) in [6.07, 6.45) is 2.10. The molecule has 3 aromatic carbocycles. The summed E-state index contributed by atoms with van der Waals surface area (Å²) in [5, 5.41) is 5.66. The molecule has 4 aromatic rings. The van der Waals surface area contributed by atoms with Gasteiger partial charge in [-0.15, -0.1) is 11.3 Å². The quantitative estimate of drug-likeness (QED) is 0.334. The van der Waals surface area contributed by atoms with Crippen LogP contribution in [-0.4, -0.2) is 17.7 Å². The number of para-hydroxylation sites is 1. The van der Waals surface area contributed by atoms with E-state index in [0.29, 0.717) is 0 Å². The molecule has 0 saturated carbocycles. The first-order valence-corrected chi connectivity index (χ1v) is 11.8. The Morgan fingerprint density at radius 3 is 2.23 bits per heavy atom. The Balaban J connectivity index is 1.53. The topological polar surface area (TPSA) is 29.3 Å². The van der Waals surface area contributed by atoms with Gasteiger partial charge in [0.05, 0.1) is 5.69 Å². The zero-order valence-electron chi connectivity index (χ0n) is 18.0. The van der Waals surface area contributed by atoms with Crippen LogP contribution in [0.5, 0.6) is 0 Å². The molecule has 31 heavy (non-hydrogen) atoms. The second kappa shape index (κ2) is 10.9. The van der Waals surface area contributed by atoms with Gasteiger partial charge in [0.2, 0.25) is 0 Å². The van der Waals surface area contributed by atoms with Crippen LogP contribution in [0.3, 0.4) is 0 Å². The first-order valence-electron chi connectivity index (χ1n) is 11.0. The van der Waals surface area contributed by atoms with Crippen molar-refractivity contribution in [3.8, 4) is 16.9 Å². The summed E-state index contributed by atoms with van der Waals surface area (Å²) in [6.45, 7) is 4.97. The van der Waals surface area contributed by atoms with Crippen LogP contribution < -0.4 is 10.1 Å². The van der Waals surface area contributed by atoms with Gasteiger partial charge >= 0.3 is 0 Å². The predicted molar refractivity (Wildman–Crippen MR) is 132 cm³/mol. The molecule has 0 bridgehead atoms. The standard InChI is InChI=1S/C27H29N3S/c1-2-18-28-20-23-15-13-22(14-16-23)17-19-29-27-30(25-11-7-4-8-12-25)26(21-31-27)24-9-5-3-6-10-24/h3-16,21,28H,2,17-20H2,1H3/b29-27-. The molecular weight excluding hydrogens is 398 g/mol. The van der Waals surface area contributed by atoms with Crippen LogP contribution in [0.2, 0.25) is 0 Å². The highest BCUT2D eigenvalue weighted by Gasteiger charge is 2.09. The van der Waals surface area contributed by atoms with Crippen LogP contribution in [-0.2, 0) is 13.0 Å². The second-order valence-corrected chi connectivity index (χ2v) is 8.40. The monoisotopic (exact) mass is 427 g/mol. The van der Waals surface area contributed by atoms with Crippen LogP contribution in [0.15, 0.2) is 95.3 Å². The number of thiazole rings is 1. The summed E-state index contributed by atoms with van der Waals surface area (Å²) in [5.41, 5.74) is 6.19. The van der Waals surface area contributed by atoms with Crippen molar-refractivity contribution < 1.29 is 0 Å². The van der Waals surface area contributed by atoms with Crippen molar-refractivity contribution in [3.05, 3.63) is 106 Å². The molecular formula is C27H29N3S. The molecule has 1 aromatic heterocycles. The van der Waals surface area contributed by atoms with Gasteiger partial charge in [0, 0.05) is 24.2 Å². The zero-order valence-corrected chi connectivity index (χ0v) is 18.8. The fourth-order valence-corrected chi connectivity index (χ4v) is 4.51. The van der Waals surface area contributed by atoms with Gasteiger partial charge in [-0.2, -0.15) is 0 Å². The Bertz CT molecular complexity index is 1130. The van der Waals surface area contributed by atoms with Gasteiger partial charge in [-0.25, -0.2) is 0 Å². The summed E-state index contributed by atoms with van der Waals surface area (Å²) >= 11 is 1.70. The van der Waals surface area contributed by atoms with Crippen molar-refractivity contribution >= 4 is 11.3 Å². The molecule has 0 saturated heterocycles. The number of aromatic nitrogens is 1. The van der Waals surface area contributed by atoms with Crippen molar-refractivity contribution in [1.82, 2.24) is 9.88 Å². The number of hydrogen-bond donors (Lipinski definition) is 1. The first-order chi connectivity index (χ1) is 15.3.